The van der Waals surface area contributed by atoms with Crippen molar-refractivity contribution in [2.75, 3.05) is 0 Å². The van der Waals surface area contributed by atoms with E-state index in [0.29, 0.717) is 0 Å². The third-order valence-corrected chi connectivity index (χ3v) is 8.38. The van der Waals surface area contributed by atoms with Crippen LogP contribution in [0.15, 0.2) is 122 Å². The number of benzene rings is 3. The summed E-state index contributed by atoms with van der Waals surface area (Å²) < 4.78 is 13.1. The minimum Gasteiger partial charge on any atom is -0.261 e. The fourth-order valence-electron chi connectivity index (χ4n) is 6.33. The van der Waals surface area contributed by atoms with Crippen LogP contribution in [-0.4, -0.2) is 27.9 Å². The molecule has 0 saturated heterocycles. The van der Waals surface area contributed by atoms with Crippen LogP contribution in [-0.2, 0) is 14.1 Å². The van der Waals surface area contributed by atoms with Crippen molar-refractivity contribution in [3.8, 4) is 11.6 Å². The van der Waals surface area contributed by atoms with Gasteiger partial charge in [0, 0.05) is 12.1 Å². The molecular weight excluding hydrogens is 544 g/mol. The highest BCUT2D eigenvalue weighted by molar-refractivity contribution is 5.93. The molecular formula is C36H32N8+2. The van der Waals surface area contributed by atoms with Gasteiger partial charge < -0.3 is 0 Å². The van der Waals surface area contributed by atoms with Crippen LogP contribution in [0.5, 0.6) is 0 Å². The Labute approximate surface area is 253 Å². The topological polar surface area (TPSA) is 52.2 Å². The van der Waals surface area contributed by atoms with Crippen LogP contribution in [0, 0.1) is 13.8 Å². The Hall–Kier alpha value is -5.76. The maximum atomic E-state index is 4.92. The Morgan fingerprint density at radius 1 is 0.545 bits per heavy atom. The standard InChI is InChI=1S/C20H17N4.C16H15N4/c1-14-8-7-11-17-19(14)24(18-12-5-6-13-22(18)2)20-21-15-9-3-4-10-16(15)23(17)20;1-12-11-19-14-8-4-3-7-13(14)17-16(19)20(12)15-9-5-6-10-18(15)2/h3-13H,1-2H3;3-11H,1-2H3/q2*+1. The van der Waals surface area contributed by atoms with Crippen LogP contribution in [0.2, 0.25) is 0 Å². The van der Waals surface area contributed by atoms with Gasteiger partial charge in [-0.25, -0.2) is 9.13 Å². The number of fused-ring (bicyclic) bond motifs is 8. The van der Waals surface area contributed by atoms with Crippen molar-refractivity contribution in [3.63, 3.8) is 0 Å². The van der Waals surface area contributed by atoms with Gasteiger partial charge in [0.1, 0.15) is 5.69 Å². The highest BCUT2D eigenvalue weighted by atomic mass is 15.3. The minimum atomic E-state index is 0.947. The van der Waals surface area contributed by atoms with Crippen LogP contribution >= 0.6 is 0 Å². The molecule has 9 aromatic rings. The number of hydrogen-bond donors (Lipinski definition) is 0. The first-order chi connectivity index (χ1) is 21.5. The van der Waals surface area contributed by atoms with Crippen molar-refractivity contribution < 1.29 is 9.13 Å². The number of hydrogen-bond acceptors (Lipinski definition) is 2. The summed E-state index contributed by atoms with van der Waals surface area (Å²) in [7, 11) is 4.12. The fourth-order valence-corrected chi connectivity index (χ4v) is 6.33. The van der Waals surface area contributed by atoms with Crippen molar-refractivity contribution in [1.29, 1.82) is 0 Å². The normalized spacial score (nSPS) is 11.6. The van der Waals surface area contributed by atoms with Gasteiger partial charge in [-0.1, -0.05) is 48.5 Å². The molecule has 0 aliphatic carbocycles. The molecule has 3 aromatic carbocycles. The van der Waals surface area contributed by atoms with E-state index >= 15 is 0 Å². The van der Waals surface area contributed by atoms with Crippen molar-refractivity contribution in [2.24, 2.45) is 14.1 Å². The van der Waals surface area contributed by atoms with E-state index in [0.717, 1.165) is 45.3 Å². The summed E-state index contributed by atoms with van der Waals surface area (Å²) in [6, 6.07) is 35.4. The van der Waals surface area contributed by atoms with Crippen LogP contribution in [0.3, 0.4) is 0 Å². The van der Waals surface area contributed by atoms with E-state index < -0.39 is 0 Å². The smallest absolute Gasteiger partial charge is 0.261 e. The number of aryl methyl sites for hydroxylation is 4. The van der Waals surface area contributed by atoms with E-state index in [1.807, 2.05) is 55.7 Å². The van der Waals surface area contributed by atoms with Crippen LogP contribution in [0.4, 0.5) is 0 Å². The summed E-state index contributed by atoms with van der Waals surface area (Å²) in [6.07, 6.45) is 6.25. The molecule has 8 heteroatoms. The highest BCUT2D eigenvalue weighted by Gasteiger charge is 2.25. The molecule has 0 fully saturated rings. The summed E-state index contributed by atoms with van der Waals surface area (Å²) in [5.74, 6) is 4.10. The van der Waals surface area contributed by atoms with Crippen LogP contribution in [0.25, 0.3) is 56.3 Å². The monoisotopic (exact) mass is 576 g/mol. The molecule has 0 N–H and O–H groups in total. The number of imidazole rings is 4. The first-order valence-electron chi connectivity index (χ1n) is 14.7. The number of nitrogens with zero attached hydrogens (tertiary/aromatic N) is 8. The quantitative estimate of drug-likeness (QED) is 0.238. The molecule has 9 rings (SSSR count). The van der Waals surface area contributed by atoms with Crippen molar-refractivity contribution >= 4 is 44.7 Å². The van der Waals surface area contributed by atoms with Crippen molar-refractivity contribution in [1.82, 2.24) is 27.9 Å². The lowest BCUT2D eigenvalue weighted by Crippen LogP contribution is -2.33. The van der Waals surface area contributed by atoms with Gasteiger partial charge in [0.25, 0.3) is 11.6 Å². The largest absolute Gasteiger partial charge is 0.312 e. The zero-order valence-electron chi connectivity index (χ0n) is 25.1. The first-order valence-corrected chi connectivity index (χ1v) is 14.7. The summed E-state index contributed by atoms with van der Waals surface area (Å²) >= 11 is 0. The average molecular weight is 577 g/mol. The van der Waals surface area contributed by atoms with E-state index in [-0.39, 0.29) is 0 Å². The Balaban J connectivity index is 0.000000134. The van der Waals surface area contributed by atoms with Gasteiger partial charge in [-0.15, -0.1) is 0 Å². The Kier molecular flexibility index (Phi) is 5.84. The number of pyridine rings is 2. The van der Waals surface area contributed by atoms with Crippen molar-refractivity contribution in [2.45, 2.75) is 13.8 Å². The average Bonchev–Trinajstić information content (AvgIpc) is 3.76. The lowest BCUT2D eigenvalue weighted by atomic mass is 10.2. The zero-order chi connectivity index (χ0) is 29.9. The second kappa shape index (κ2) is 9.91. The molecule has 44 heavy (non-hydrogen) atoms. The molecule has 8 nitrogen and oxygen atoms in total. The Morgan fingerprint density at radius 3 is 1.82 bits per heavy atom. The molecule has 6 heterocycles. The van der Waals surface area contributed by atoms with Gasteiger partial charge in [0.15, 0.2) is 5.52 Å². The van der Waals surface area contributed by atoms with Gasteiger partial charge in [-0.3, -0.25) is 8.80 Å². The second-order valence-electron chi connectivity index (χ2n) is 11.2. The highest BCUT2D eigenvalue weighted by Crippen LogP contribution is 2.30. The first kappa shape index (κ1) is 25.9. The van der Waals surface area contributed by atoms with Gasteiger partial charge in [0.2, 0.25) is 0 Å². The van der Waals surface area contributed by atoms with Gasteiger partial charge in [0.05, 0.1) is 60.3 Å². The SMILES string of the molecule is Cc1cccc2c1n(-c1cccc[n+]1C)c1nc3ccccc3n21.Cc1cn2c3ccccc3nc2n1-c1cccc[n+]1C. The summed E-state index contributed by atoms with van der Waals surface area (Å²) in [5.41, 5.74) is 9.11. The van der Waals surface area contributed by atoms with E-state index in [1.54, 1.807) is 0 Å². The molecule has 6 aromatic heterocycles. The molecule has 0 amide bonds. The molecule has 0 bridgehead atoms. The molecule has 0 unspecified atom stereocenters. The third-order valence-electron chi connectivity index (χ3n) is 8.38. The van der Waals surface area contributed by atoms with E-state index in [9.17, 15) is 0 Å². The van der Waals surface area contributed by atoms with Gasteiger partial charge in [-0.2, -0.15) is 19.1 Å². The number of aromatic nitrogens is 8. The molecule has 0 aliphatic heterocycles. The lowest BCUT2D eigenvalue weighted by molar-refractivity contribution is -0.665. The summed E-state index contributed by atoms with van der Waals surface area (Å²) in [4.78, 5) is 9.69. The van der Waals surface area contributed by atoms with Crippen LogP contribution < -0.4 is 9.13 Å². The maximum Gasteiger partial charge on any atom is 0.312 e. The Morgan fingerprint density at radius 2 is 1.11 bits per heavy atom. The number of rotatable bonds is 2. The fraction of sp³-hybridized carbons (Fsp3) is 0.111. The Bertz CT molecular complexity index is 2510. The predicted octanol–water partition coefficient (Wildman–Crippen LogP) is 5.98. The molecule has 0 saturated carbocycles. The molecule has 0 radical (unpaired) electrons. The predicted molar refractivity (Wildman–Crippen MR) is 173 cm³/mol. The minimum absolute atomic E-state index is 0.947. The number of para-hydroxylation sites is 5. The summed E-state index contributed by atoms with van der Waals surface area (Å²) in [5, 5.41) is 0. The van der Waals surface area contributed by atoms with Gasteiger partial charge >= 0.3 is 11.6 Å². The van der Waals surface area contributed by atoms with E-state index in [1.165, 1.54) is 22.3 Å². The van der Waals surface area contributed by atoms with Crippen LogP contribution in [0.1, 0.15) is 11.3 Å². The summed E-state index contributed by atoms with van der Waals surface area (Å²) in [6.45, 7) is 4.26. The lowest BCUT2D eigenvalue weighted by Gasteiger charge is -2.02. The van der Waals surface area contributed by atoms with Crippen molar-refractivity contribution in [3.05, 3.63) is 133 Å². The molecule has 0 atom stereocenters. The van der Waals surface area contributed by atoms with E-state index in [2.05, 4.69) is 121 Å². The molecule has 0 spiro atoms. The molecule has 0 aliphatic rings. The zero-order valence-corrected chi connectivity index (χ0v) is 25.1. The third kappa shape index (κ3) is 3.84. The molecule has 214 valence electrons. The maximum absolute atomic E-state index is 4.92. The van der Waals surface area contributed by atoms with E-state index in [4.69, 9.17) is 9.97 Å². The second-order valence-corrected chi connectivity index (χ2v) is 11.2. The van der Waals surface area contributed by atoms with Gasteiger partial charge in [-0.05, 0) is 61.9 Å².